The van der Waals surface area contributed by atoms with Crippen molar-refractivity contribution in [2.24, 2.45) is 14.1 Å². The molecule has 0 bridgehead atoms. The quantitative estimate of drug-likeness (QED) is 0.220. The van der Waals surface area contributed by atoms with Crippen LogP contribution in [0.2, 0.25) is 5.02 Å². The predicted molar refractivity (Wildman–Crippen MR) is 140 cm³/mol. The van der Waals surface area contributed by atoms with Crippen molar-refractivity contribution < 1.29 is 32.4 Å². The normalized spacial score (nSPS) is 11.2. The molecule has 4 aromatic heterocycles. The average molecular weight is 595 g/mol. The van der Waals surface area contributed by atoms with Gasteiger partial charge in [0.1, 0.15) is 11.9 Å². The number of aliphatic carboxylic acids is 1. The summed E-state index contributed by atoms with van der Waals surface area (Å²) in [6, 6.07) is 7.30. The summed E-state index contributed by atoms with van der Waals surface area (Å²) in [4.78, 5) is 30.7. The van der Waals surface area contributed by atoms with Crippen LogP contribution in [-0.4, -0.2) is 52.3 Å². The molecule has 1 aromatic carbocycles. The first-order chi connectivity index (χ1) is 18.8. The molecule has 5 rings (SSSR count). The fourth-order valence-electron chi connectivity index (χ4n) is 3.49. The number of hydrogen-bond acceptors (Lipinski definition) is 8. The number of carboxylic acids is 1. The number of nitrogens with zero attached hydrogens (tertiary/aromatic N) is 6. The molecule has 4 N–H and O–H groups in total. The minimum Gasteiger partial charge on any atom is -0.475 e. The highest BCUT2D eigenvalue weighted by Gasteiger charge is 2.38. The van der Waals surface area contributed by atoms with Crippen LogP contribution in [0.25, 0.3) is 22.4 Å². The van der Waals surface area contributed by atoms with Gasteiger partial charge in [-0.15, -0.1) is 0 Å². The molecule has 0 spiro atoms. The lowest BCUT2D eigenvalue weighted by atomic mass is 10.2. The summed E-state index contributed by atoms with van der Waals surface area (Å²) in [6.07, 6.45) is 0.176. The number of aromatic amines is 1. The molecule has 4 heterocycles. The maximum absolute atomic E-state index is 12.7. The molecule has 0 fully saturated rings. The molecule has 0 atom stereocenters. The van der Waals surface area contributed by atoms with Gasteiger partial charge in [-0.1, -0.05) is 11.6 Å². The number of hydrogen-bond donors (Lipinski definition) is 4. The van der Waals surface area contributed by atoms with Crippen molar-refractivity contribution >= 4 is 62.4 Å². The number of carbonyl (C=O) groups is 2. The van der Waals surface area contributed by atoms with E-state index in [1.807, 2.05) is 44.0 Å². The maximum atomic E-state index is 12.7. The third-order valence-corrected chi connectivity index (χ3v) is 6.24. The Kier molecular flexibility index (Phi) is 8.01. The molecule has 0 saturated heterocycles. The van der Waals surface area contributed by atoms with E-state index in [-0.39, 0.29) is 5.91 Å². The van der Waals surface area contributed by atoms with E-state index in [0.29, 0.717) is 38.7 Å². The number of amides is 1. The summed E-state index contributed by atoms with van der Waals surface area (Å²) >= 11 is 7.68. The smallest absolute Gasteiger partial charge is 0.475 e. The molecule has 40 heavy (non-hydrogen) atoms. The Hall–Kier alpha value is -4.57. The maximum Gasteiger partial charge on any atom is 0.490 e. The Balaban J connectivity index is 0.000000470. The van der Waals surface area contributed by atoms with E-state index >= 15 is 0 Å². The highest BCUT2D eigenvalue weighted by atomic mass is 35.5. The van der Waals surface area contributed by atoms with Gasteiger partial charge in [0.2, 0.25) is 17.2 Å². The minimum absolute atomic E-state index is 0.215. The second kappa shape index (κ2) is 11.3. The van der Waals surface area contributed by atoms with Crippen LogP contribution in [0.15, 0.2) is 43.0 Å². The Labute approximate surface area is 232 Å². The summed E-state index contributed by atoms with van der Waals surface area (Å²) in [6.45, 7) is 1.85. The number of pyridine rings is 1. The van der Waals surface area contributed by atoms with E-state index in [9.17, 15) is 18.0 Å². The Morgan fingerprint density at radius 1 is 1.23 bits per heavy atom. The van der Waals surface area contributed by atoms with Crippen molar-refractivity contribution in [1.29, 1.82) is 0 Å². The lowest BCUT2D eigenvalue weighted by Crippen LogP contribution is -2.24. The number of rotatable bonds is 5. The zero-order chi connectivity index (χ0) is 29.2. The van der Waals surface area contributed by atoms with Crippen molar-refractivity contribution in [3.8, 4) is 11.5 Å². The first-order valence-corrected chi connectivity index (χ1v) is 12.3. The van der Waals surface area contributed by atoms with Crippen molar-refractivity contribution in [3.63, 3.8) is 0 Å². The number of H-pyrrole nitrogens is 1. The van der Waals surface area contributed by atoms with Crippen LogP contribution < -0.4 is 15.2 Å². The molecule has 0 aliphatic carbocycles. The number of benzene rings is 1. The van der Waals surface area contributed by atoms with Crippen LogP contribution in [0.5, 0.6) is 0 Å². The second-order valence-corrected chi connectivity index (χ2v) is 9.48. The molecule has 1 amide bonds. The van der Waals surface area contributed by atoms with E-state index in [1.165, 1.54) is 11.5 Å². The Morgan fingerprint density at radius 3 is 2.60 bits per heavy atom. The topological polar surface area (TPSA) is 155 Å². The van der Waals surface area contributed by atoms with Gasteiger partial charge in [0.15, 0.2) is 5.82 Å². The first-order valence-electron chi connectivity index (χ1n) is 11.2. The fourth-order valence-corrected chi connectivity index (χ4v) is 4.35. The third kappa shape index (κ3) is 6.52. The lowest BCUT2D eigenvalue weighted by molar-refractivity contribution is -0.671. The number of anilines is 3. The van der Waals surface area contributed by atoms with E-state index < -0.39 is 12.1 Å². The largest absolute Gasteiger partial charge is 0.490 e. The molecule has 0 unspecified atom stereocenters. The zero-order valence-corrected chi connectivity index (χ0v) is 22.5. The molecule has 0 saturated carbocycles. The van der Waals surface area contributed by atoms with Crippen LogP contribution in [0.4, 0.5) is 29.7 Å². The van der Waals surface area contributed by atoms with E-state index in [2.05, 4.69) is 35.2 Å². The molecule has 0 radical (unpaired) electrons. The third-order valence-electron chi connectivity index (χ3n) is 5.20. The van der Waals surface area contributed by atoms with Crippen molar-refractivity contribution in [3.05, 3.63) is 59.4 Å². The van der Waals surface area contributed by atoms with Gasteiger partial charge in [-0.2, -0.15) is 27.6 Å². The van der Waals surface area contributed by atoms with Gasteiger partial charge in [-0.25, -0.2) is 18.9 Å². The van der Waals surface area contributed by atoms with E-state index in [1.54, 1.807) is 29.1 Å². The van der Waals surface area contributed by atoms with Gasteiger partial charge in [0.25, 0.3) is 5.91 Å². The van der Waals surface area contributed by atoms with E-state index in [4.69, 9.17) is 21.5 Å². The lowest BCUT2D eigenvalue weighted by Gasteiger charge is -2.06. The van der Waals surface area contributed by atoms with Gasteiger partial charge < -0.3 is 15.7 Å². The first kappa shape index (κ1) is 28.4. The summed E-state index contributed by atoms with van der Waals surface area (Å²) in [5.74, 6) is -2.52. The molecule has 0 aliphatic rings. The molecule has 0 aliphatic heterocycles. The van der Waals surface area contributed by atoms with Crippen LogP contribution in [0.3, 0.4) is 0 Å². The van der Waals surface area contributed by atoms with Crippen molar-refractivity contribution in [2.75, 3.05) is 10.6 Å². The number of nitrogens with one attached hydrogen (secondary N) is 3. The highest BCUT2D eigenvalue weighted by Crippen LogP contribution is 2.33. The zero-order valence-electron chi connectivity index (χ0n) is 20.9. The van der Waals surface area contributed by atoms with Gasteiger partial charge >= 0.3 is 12.1 Å². The SMILES string of the molecule is Cc1cc(NC(=O)c2c[n+](C)cn2C)cc(-c2nsc(Nc3ccc4[nH]ncc4c3Cl)n2)n1.O=C(O)C(F)(F)F. The van der Waals surface area contributed by atoms with Crippen LogP contribution in [0.1, 0.15) is 16.2 Å². The van der Waals surface area contributed by atoms with E-state index in [0.717, 1.165) is 16.6 Å². The number of aromatic nitrogens is 7. The summed E-state index contributed by atoms with van der Waals surface area (Å²) in [7, 11) is 3.69. The number of imidazole rings is 1. The highest BCUT2D eigenvalue weighted by molar-refractivity contribution is 7.10. The number of halogens is 4. The standard InChI is InChI=1S/C21H18ClN9OS.C2HF3O2/c1-11-6-12(25-20(32)17-9-30(2)10-31(17)3)7-16(24-11)19-27-21(33-29-19)26-15-5-4-14-13(18(15)22)8-23-28-14;3-2(4,5)1(6)7/h4-10H,1-3H3,(H2-,23,24,25,26,27,28,29,32);(H,6,7)/p+1. The van der Waals surface area contributed by atoms with Gasteiger partial charge in [0, 0.05) is 28.3 Å². The number of fused-ring (bicyclic) bond motifs is 1. The van der Waals surface area contributed by atoms with Crippen LogP contribution in [0, 0.1) is 6.92 Å². The van der Waals surface area contributed by atoms with Crippen LogP contribution in [-0.2, 0) is 18.9 Å². The van der Waals surface area contributed by atoms with Gasteiger partial charge in [-0.3, -0.25) is 9.89 Å². The summed E-state index contributed by atoms with van der Waals surface area (Å²) < 4.78 is 39.7. The monoisotopic (exact) mass is 594 g/mol. The molecule has 12 nitrogen and oxygen atoms in total. The predicted octanol–water partition coefficient (Wildman–Crippen LogP) is 4.23. The Bertz CT molecular complexity index is 1710. The Morgan fingerprint density at radius 2 is 1.95 bits per heavy atom. The van der Waals surface area contributed by atoms with Gasteiger partial charge in [-0.05, 0) is 31.2 Å². The molecule has 208 valence electrons. The second-order valence-electron chi connectivity index (χ2n) is 8.35. The molecular weight excluding hydrogens is 575 g/mol. The summed E-state index contributed by atoms with van der Waals surface area (Å²) in [5.41, 5.74) is 4.00. The molecular formula is C23H20ClF3N9O3S+. The number of aryl methyl sites for hydroxylation is 3. The molecule has 5 aromatic rings. The number of carboxylic acid groups (broad SMARTS) is 1. The average Bonchev–Trinajstić information content (AvgIpc) is 3.60. The number of carbonyl (C=O) groups excluding carboxylic acids is 1. The minimum atomic E-state index is -5.08. The number of alkyl halides is 3. The van der Waals surface area contributed by atoms with Crippen molar-refractivity contribution in [1.82, 2.24) is 29.1 Å². The fraction of sp³-hybridized carbons (Fsp3) is 0.174. The molecule has 17 heteroatoms. The van der Waals surface area contributed by atoms with Crippen LogP contribution >= 0.6 is 23.1 Å². The summed E-state index contributed by atoms with van der Waals surface area (Å²) in [5, 5.41) is 22.1. The van der Waals surface area contributed by atoms with Crippen molar-refractivity contribution in [2.45, 2.75) is 13.1 Å². The van der Waals surface area contributed by atoms with Gasteiger partial charge in [0.05, 0.1) is 36.5 Å².